The quantitative estimate of drug-likeness (QED) is 0.784. The Balaban J connectivity index is 1.98. The number of amides is 1. The molecule has 5 heteroatoms. The molecule has 1 aliphatic rings. The molecule has 0 N–H and O–H groups in total. The summed E-state index contributed by atoms with van der Waals surface area (Å²) in [6.07, 6.45) is 3.34. The predicted molar refractivity (Wildman–Crippen MR) is 86.8 cm³/mol. The van der Waals surface area contributed by atoms with Gasteiger partial charge in [0.2, 0.25) is 5.91 Å². The summed E-state index contributed by atoms with van der Waals surface area (Å²) in [6, 6.07) is 0. The second kappa shape index (κ2) is 7.09. The molecule has 2 atom stereocenters. The van der Waals surface area contributed by atoms with Gasteiger partial charge in [-0.15, -0.1) is 6.58 Å². The molecule has 1 amide bonds. The molecule has 0 bridgehead atoms. The predicted octanol–water partition coefficient (Wildman–Crippen LogP) is 2.25. The number of rotatable bonds is 5. The molecule has 1 saturated heterocycles. The Morgan fingerprint density at radius 1 is 1.36 bits per heavy atom. The van der Waals surface area contributed by atoms with E-state index in [2.05, 4.69) is 18.6 Å². The van der Waals surface area contributed by atoms with Gasteiger partial charge in [0.25, 0.3) is 0 Å². The van der Waals surface area contributed by atoms with Gasteiger partial charge in [-0.3, -0.25) is 9.48 Å². The van der Waals surface area contributed by atoms with Gasteiger partial charge in [0, 0.05) is 25.2 Å². The Labute approximate surface area is 132 Å². The first-order chi connectivity index (χ1) is 10.4. The maximum atomic E-state index is 12.4. The molecule has 0 aromatic carbocycles. The maximum Gasteiger partial charge on any atom is 0.223 e. The molecule has 22 heavy (non-hydrogen) atoms. The fourth-order valence-corrected chi connectivity index (χ4v) is 3.17. The highest BCUT2D eigenvalue weighted by atomic mass is 16.5. The first-order valence-electron chi connectivity index (χ1n) is 7.99. The van der Waals surface area contributed by atoms with Crippen molar-refractivity contribution in [3.8, 4) is 0 Å². The van der Waals surface area contributed by atoms with E-state index >= 15 is 0 Å². The van der Waals surface area contributed by atoms with E-state index in [9.17, 15) is 4.79 Å². The number of aromatic nitrogens is 2. The maximum absolute atomic E-state index is 12.4. The van der Waals surface area contributed by atoms with Crippen LogP contribution < -0.4 is 0 Å². The van der Waals surface area contributed by atoms with Crippen molar-refractivity contribution in [3.05, 3.63) is 29.6 Å². The molecule has 2 heterocycles. The van der Waals surface area contributed by atoms with Gasteiger partial charge >= 0.3 is 0 Å². The number of ether oxygens (including phenoxy) is 1. The van der Waals surface area contributed by atoms with Crippen LogP contribution in [0, 0.1) is 13.8 Å². The summed E-state index contributed by atoms with van der Waals surface area (Å²) in [7, 11) is 0. The molecule has 0 radical (unpaired) electrons. The lowest BCUT2D eigenvalue weighted by Crippen LogP contribution is -2.48. The van der Waals surface area contributed by atoms with Crippen LogP contribution >= 0.6 is 0 Å². The summed E-state index contributed by atoms with van der Waals surface area (Å²) < 4.78 is 7.63. The van der Waals surface area contributed by atoms with Crippen molar-refractivity contribution in [2.75, 3.05) is 13.1 Å². The van der Waals surface area contributed by atoms with Crippen molar-refractivity contribution < 1.29 is 9.53 Å². The monoisotopic (exact) mass is 305 g/mol. The van der Waals surface area contributed by atoms with Gasteiger partial charge in [0.15, 0.2) is 0 Å². The van der Waals surface area contributed by atoms with Crippen LogP contribution in [0.3, 0.4) is 0 Å². The summed E-state index contributed by atoms with van der Waals surface area (Å²) in [4.78, 5) is 14.4. The Bertz CT molecular complexity index is 540. The van der Waals surface area contributed by atoms with E-state index in [1.807, 2.05) is 36.4 Å². The molecule has 0 aliphatic carbocycles. The van der Waals surface area contributed by atoms with Crippen molar-refractivity contribution in [1.29, 1.82) is 0 Å². The Morgan fingerprint density at radius 2 is 2.00 bits per heavy atom. The second-order valence-electron chi connectivity index (χ2n) is 6.18. The van der Waals surface area contributed by atoms with Crippen LogP contribution in [0.1, 0.15) is 37.2 Å². The van der Waals surface area contributed by atoms with Gasteiger partial charge in [0.1, 0.15) is 0 Å². The third-order valence-electron chi connectivity index (χ3n) is 4.19. The number of hydrogen-bond acceptors (Lipinski definition) is 3. The number of carbonyl (C=O) groups excluding carboxylic acids is 1. The number of carbonyl (C=O) groups is 1. The Hall–Kier alpha value is -1.62. The lowest BCUT2D eigenvalue weighted by molar-refractivity contribution is -0.143. The molecule has 0 spiro atoms. The third kappa shape index (κ3) is 3.77. The number of allylic oxidation sites excluding steroid dienone is 1. The Kier molecular flexibility index (Phi) is 5.40. The van der Waals surface area contributed by atoms with E-state index in [1.165, 1.54) is 5.56 Å². The number of hydrogen-bond donors (Lipinski definition) is 0. The molecule has 0 unspecified atom stereocenters. The average molecular weight is 305 g/mol. The van der Waals surface area contributed by atoms with Crippen molar-refractivity contribution in [1.82, 2.24) is 14.7 Å². The molecule has 2 rings (SSSR count). The van der Waals surface area contributed by atoms with Crippen molar-refractivity contribution >= 4 is 5.91 Å². The molecular weight excluding hydrogens is 278 g/mol. The van der Waals surface area contributed by atoms with Gasteiger partial charge in [-0.25, -0.2) is 0 Å². The van der Waals surface area contributed by atoms with Gasteiger partial charge < -0.3 is 9.64 Å². The molecule has 0 saturated carbocycles. The van der Waals surface area contributed by atoms with Crippen LogP contribution in [0.2, 0.25) is 0 Å². The van der Waals surface area contributed by atoms with Crippen LogP contribution in [0.4, 0.5) is 0 Å². The lowest BCUT2D eigenvalue weighted by Gasteiger charge is -2.35. The van der Waals surface area contributed by atoms with E-state index in [1.54, 1.807) is 0 Å². The fraction of sp³-hybridized carbons (Fsp3) is 0.647. The minimum absolute atomic E-state index is 0.117. The minimum atomic E-state index is 0.117. The molecule has 1 aromatic rings. The van der Waals surface area contributed by atoms with E-state index in [0.717, 1.165) is 17.8 Å². The first-order valence-corrected chi connectivity index (χ1v) is 7.99. The van der Waals surface area contributed by atoms with E-state index < -0.39 is 0 Å². The third-order valence-corrected chi connectivity index (χ3v) is 4.19. The van der Waals surface area contributed by atoms with Crippen molar-refractivity contribution in [2.45, 2.75) is 59.3 Å². The summed E-state index contributed by atoms with van der Waals surface area (Å²) in [5, 5.41) is 4.51. The van der Waals surface area contributed by atoms with Gasteiger partial charge in [-0.05, 0) is 39.7 Å². The summed E-state index contributed by atoms with van der Waals surface area (Å²) in [5.41, 5.74) is 3.33. The molecule has 1 aromatic heterocycles. The summed E-state index contributed by atoms with van der Waals surface area (Å²) in [6.45, 7) is 13.9. The smallest absolute Gasteiger partial charge is 0.223 e. The van der Waals surface area contributed by atoms with Crippen LogP contribution in [-0.2, 0) is 22.5 Å². The zero-order chi connectivity index (χ0) is 16.3. The van der Waals surface area contributed by atoms with E-state index in [0.29, 0.717) is 26.1 Å². The number of morpholine rings is 1. The van der Waals surface area contributed by atoms with Crippen LogP contribution in [-0.4, -0.2) is 45.9 Å². The van der Waals surface area contributed by atoms with Crippen LogP contribution in [0.25, 0.3) is 0 Å². The molecule has 1 fully saturated rings. The molecule has 5 nitrogen and oxygen atoms in total. The average Bonchev–Trinajstić information content (AvgIpc) is 2.70. The van der Waals surface area contributed by atoms with Crippen LogP contribution in [0.15, 0.2) is 12.7 Å². The van der Waals surface area contributed by atoms with Gasteiger partial charge in [-0.2, -0.15) is 5.10 Å². The molecule has 1 aliphatic heterocycles. The SMILES string of the molecule is C=CCn1nc(C)c(CCC(=O)N2C[C@H](C)O[C@@H](C)C2)c1C. The van der Waals surface area contributed by atoms with E-state index in [-0.39, 0.29) is 18.1 Å². The van der Waals surface area contributed by atoms with Crippen molar-refractivity contribution in [2.24, 2.45) is 0 Å². The van der Waals surface area contributed by atoms with Crippen molar-refractivity contribution in [3.63, 3.8) is 0 Å². The first kappa shape index (κ1) is 16.7. The Morgan fingerprint density at radius 3 is 2.59 bits per heavy atom. The topological polar surface area (TPSA) is 47.4 Å². The largest absolute Gasteiger partial charge is 0.372 e. The molecular formula is C17H27N3O2. The van der Waals surface area contributed by atoms with Gasteiger partial charge in [0.05, 0.1) is 24.4 Å². The highest BCUT2D eigenvalue weighted by Crippen LogP contribution is 2.17. The fourth-order valence-electron chi connectivity index (χ4n) is 3.17. The highest BCUT2D eigenvalue weighted by molar-refractivity contribution is 5.76. The second-order valence-corrected chi connectivity index (χ2v) is 6.18. The lowest BCUT2D eigenvalue weighted by atomic mass is 10.1. The van der Waals surface area contributed by atoms with Crippen LogP contribution in [0.5, 0.6) is 0 Å². The standard InChI is InChI=1S/C17H27N3O2/c1-6-9-20-15(5)16(14(4)18-20)7-8-17(21)19-10-12(2)22-13(3)11-19/h6,12-13H,1,7-11H2,2-5H3/t12-,13-/m0/s1. The van der Waals surface area contributed by atoms with E-state index in [4.69, 9.17) is 4.74 Å². The number of aryl methyl sites for hydroxylation is 1. The zero-order valence-corrected chi connectivity index (χ0v) is 14.1. The minimum Gasteiger partial charge on any atom is -0.372 e. The highest BCUT2D eigenvalue weighted by Gasteiger charge is 2.25. The molecule has 122 valence electrons. The van der Waals surface area contributed by atoms with Gasteiger partial charge in [-0.1, -0.05) is 6.08 Å². The number of nitrogens with zero attached hydrogens (tertiary/aromatic N) is 3. The summed E-state index contributed by atoms with van der Waals surface area (Å²) >= 11 is 0. The zero-order valence-electron chi connectivity index (χ0n) is 14.1. The summed E-state index contributed by atoms with van der Waals surface area (Å²) in [5.74, 6) is 0.206. The normalized spacial score (nSPS) is 21.9.